The summed E-state index contributed by atoms with van der Waals surface area (Å²) in [6.07, 6.45) is 0.966. The number of carbonyl (C=O) groups excluding carboxylic acids is 1. The van der Waals surface area contributed by atoms with Crippen LogP contribution in [0, 0.1) is 0 Å². The van der Waals surface area contributed by atoms with Gasteiger partial charge in [-0.2, -0.15) is 0 Å². The topological polar surface area (TPSA) is 77.2 Å². The third-order valence-electron chi connectivity index (χ3n) is 1.65. The standard InChI is InChI=1S/C5H9NO3S/c6-5(7)4-2-1-3-10(4,8)9/h4H,1-3H2,(H2,6,7). The highest BCUT2D eigenvalue weighted by molar-refractivity contribution is 7.93. The van der Waals surface area contributed by atoms with Crippen LogP contribution in [-0.4, -0.2) is 25.3 Å². The number of hydrogen-bond donors (Lipinski definition) is 1. The summed E-state index contributed by atoms with van der Waals surface area (Å²) in [7, 11) is -3.16. The average molecular weight is 163 g/mol. The molecule has 0 aromatic rings. The van der Waals surface area contributed by atoms with E-state index >= 15 is 0 Å². The minimum atomic E-state index is -3.16. The van der Waals surface area contributed by atoms with E-state index < -0.39 is 21.0 Å². The molecule has 0 aliphatic carbocycles. The second kappa shape index (κ2) is 2.23. The molecule has 10 heavy (non-hydrogen) atoms. The molecule has 1 fully saturated rings. The van der Waals surface area contributed by atoms with Crippen LogP contribution in [0.1, 0.15) is 12.8 Å². The van der Waals surface area contributed by atoms with Crippen LogP contribution in [0.15, 0.2) is 0 Å². The van der Waals surface area contributed by atoms with Gasteiger partial charge in [0.05, 0.1) is 5.75 Å². The van der Waals surface area contributed by atoms with Crippen LogP contribution >= 0.6 is 0 Å². The maximum absolute atomic E-state index is 10.9. The lowest BCUT2D eigenvalue weighted by atomic mass is 10.2. The highest BCUT2D eigenvalue weighted by atomic mass is 32.2. The van der Waals surface area contributed by atoms with Gasteiger partial charge in [0, 0.05) is 0 Å². The fourth-order valence-electron chi connectivity index (χ4n) is 1.11. The molecule has 0 radical (unpaired) electrons. The van der Waals surface area contributed by atoms with Crippen LogP contribution in [0.3, 0.4) is 0 Å². The van der Waals surface area contributed by atoms with Crippen LogP contribution < -0.4 is 5.73 Å². The molecule has 1 heterocycles. The van der Waals surface area contributed by atoms with Gasteiger partial charge in [-0.1, -0.05) is 0 Å². The molecule has 58 valence electrons. The van der Waals surface area contributed by atoms with Gasteiger partial charge in [0.1, 0.15) is 5.25 Å². The van der Waals surface area contributed by atoms with Crippen molar-refractivity contribution in [2.75, 3.05) is 5.75 Å². The lowest BCUT2D eigenvalue weighted by molar-refractivity contribution is -0.117. The summed E-state index contributed by atoms with van der Waals surface area (Å²) in [4.78, 5) is 10.5. The van der Waals surface area contributed by atoms with E-state index in [1.54, 1.807) is 0 Å². The Hall–Kier alpha value is -0.580. The van der Waals surface area contributed by atoms with Gasteiger partial charge < -0.3 is 5.73 Å². The number of sulfone groups is 1. The predicted octanol–water partition coefficient (Wildman–Crippen LogP) is -0.951. The summed E-state index contributed by atoms with van der Waals surface area (Å²) in [5.41, 5.74) is 4.86. The van der Waals surface area contributed by atoms with Crippen molar-refractivity contribution in [1.82, 2.24) is 0 Å². The van der Waals surface area contributed by atoms with Gasteiger partial charge in [0.15, 0.2) is 9.84 Å². The number of hydrogen-bond acceptors (Lipinski definition) is 3. The Kier molecular flexibility index (Phi) is 1.68. The van der Waals surface area contributed by atoms with E-state index in [9.17, 15) is 13.2 Å². The van der Waals surface area contributed by atoms with Crippen LogP contribution in [0.4, 0.5) is 0 Å². The van der Waals surface area contributed by atoms with Crippen molar-refractivity contribution < 1.29 is 13.2 Å². The lowest BCUT2D eigenvalue weighted by Crippen LogP contribution is -2.32. The molecule has 1 aliphatic heterocycles. The van der Waals surface area contributed by atoms with Gasteiger partial charge in [-0.25, -0.2) is 8.42 Å². The lowest BCUT2D eigenvalue weighted by Gasteiger charge is -2.01. The van der Waals surface area contributed by atoms with Gasteiger partial charge in [0.25, 0.3) is 0 Å². The number of amides is 1. The Labute approximate surface area is 59.3 Å². The highest BCUT2D eigenvalue weighted by Crippen LogP contribution is 2.18. The first kappa shape index (κ1) is 7.53. The second-order valence-corrected chi connectivity index (χ2v) is 4.70. The SMILES string of the molecule is NC(=O)C1CCCS1(=O)=O. The normalized spacial score (nSPS) is 30.2. The van der Waals surface area contributed by atoms with Gasteiger partial charge in [0.2, 0.25) is 5.91 Å². The van der Waals surface area contributed by atoms with Gasteiger partial charge in [-0.3, -0.25) is 4.79 Å². The van der Waals surface area contributed by atoms with Crippen LogP contribution in [0.25, 0.3) is 0 Å². The van der Waals surface area contributed by atoms with Gasteiger partial charge >= 0.3 is 0 Å². The molecular weight excluding hydrogens is 154 g/mol. The molecule has 1 amide bonds. The van der Waals surface area contributed by atoms with Crippen LogP contribution in [0.5, 0.6) is 0 Å². The first-order valence-electron chi connectivity index (χ1n) is 3.05. The Morgan fingerprint density at radius 2 is 2.10 bits per heavy atom. The maximum Gasteiger partial charge on any atom is 0.235 e. The summed E-state index contributed by atoms with van der Waals surface area (Å²) in [5.74, 6) is -0.599. The highest BCUT2D eigenvalue weighted by Gasteiger charge is 2.35. The summed E-state index contributed by atoms with van der Waals surface area (Å²) >= 11 is 0. The average Bonchev–Trinajstić information content (AvgIpc) is 2.08. The second-order valence-electron chi connectivity index (χ2n) is 2.40. The third kappa shape index (κ3) is 1.13. The molecule has 1 saturated heterocycles. The van der Waals surface area contributed by atoms with E-state index in [0.717, 1.165) is 0 Å². The molecule has 1 rings (SSSR count). The summed E-state index contributed by atoms with van der Waals surface area (Å²) in [6.45, 7) is 0. The molecule has 5 heteroatoms. The zero-order valence-corrected chi connectivity index (χ0v) is 6.23. The molecule has 0 saturated carbocycles. The van der Waals surface area contributed by atoms with Crippen molar-refractivity contribution >= 4 is 15.7 Å². The number of nitrogens with two attached hydrogens (primary N) is 1. The zero-order chi connectivity index (χ0) is 7.78. The molecule has 1 unspecified atom stereocenters. The summed E-state index contributed by atoms with van der Waals surface area (Å²) in [6, 6.07) is 0. The van der Waals surface area contributed by atoms with E-state index in [-0.39, 0.29) is 5.75 Å². The van der Waals surface area contributed by atoms with Crippen molar-refractivity contribution in [3.05, 3.63) is 0 Å². The van der Waals surface area contributed by atoms with E-state index in [2.05, 4.69) is 0 Å². The van der Waals surface area contributed by atoms with Crippen molar-refractivity contribution in [2.24, 2.45) is 5.73 Å². The molecule has 4 nitrogen and oxygen atoms in total. The third-order valence-corrected chi connectivity index (χ3v) is 3.84. The van der Waals surface area contributed by atoms with E-state index in [1.165, 1.54) is 0 Å². The molecule has 2 N–H and O–H groups in total. The molecule has 1 atom stereocenters. The first-order chi connectivity index (χ1) is 4.54. The fraction of sp³-hybridized carbons (Fsp3) is 0.800. The van der Waals surface area contributed by atoms with Gasteiger partial charge in [-0.05, 0) is 12.8 Å². The Bertz CT molecular complexity index is 244. The predicted molar refractivity (Wildman–Crippen MR) is 36.0 cm³/mol. The Morgan fingerprint density at radius 1 is 1.50 bits per heavy atom. The quantitative estimate of drug-likeness (QED) is 0.541. The van der Waals surface area contributed by atoms with Crippen molar-refractivity contribution in [2.45, 2.75) is 18.1 Å². The van der Waals surface area contributed by atoms with Crippen molar-refractivity contribution in [3.8, 4) is 0 Å². The van der Waals surface area contributed by atoms with Gasteiger partial charge in [-0.15, -0.1) is 0 Å². The smallest absolute Gasteiger partial charge is 0.235 e. The fourth-order valence-corrected chi connectivity index (χ4v) is 2.84. The van der Waals surface area contributed by atoms with E-state index in [4.69, 9.17) is 5.73 Å². The number of primary amides is 1. The Morgan fingerprint density at radius 3 is 2.30 bits per heavy atom. The van der Waals surface area contributed by atoms with Crippen LogP contribution in [0.2, 0.25) is 0 Å². The molecule has 0 aromatic carbocycles. The molecule has 0 bridgehead atoms. The summed E-state index contributed by atoms with van der Waals surface area (Å²) in [5, 5.41) is -0.910. The zero-order valence-electron chi connectivity index (χ0n) is 5.41. The monoisotopic (exact) mass is 163 g/mol. The molecule has 1 aliphatic rings. The number of carbonyl (C=O) groups is 1. The number of rotatable bonds is 1. The first-order valence-corrected chi connectivity index (χ1v) is 4.76. The Balaban J connectivity index is 2.90. The van der Waals surface area contributed by atoms with Crippen molar-refractivity contribution in [3.63, 3.8) is 0 Å². The van der Waals surface area contributed by atoms with Crippen molar-refractivity contribution in [1.29, 1.82) is 0 Å². The van der Waals surface area contributed by atoms with E-state index in [0.29, 0.717) is 12.8 Å². The minimum Gasteiger partial charge on any atom is -0.369 e. The largest absolute Gasteiger partial charge is 0.369 e. The summed E-state index contributed by atoms with van der Waals surface area (Å²) < 4.78 is 21.8. The maximum atomic E-state index is 10.9. The molecule has 0 aromatic heterocycles. The van der Waals surface area contributed by atoms with Crippen LogP contribution in [-0.2, 0) is 14.6 Å². The molecule has 0 spiro atoms. The minimum absolute atomic E-state index is 0.112. The van der Waals surface area contributed by atoms with E-state index in [1.807, 2.05) is 0 Å². The molecular formula is C5H9NO3S.